The average Bonchev–Trinajstić information content (AvgIpc) is 2.88. The van der Waals surface area contributed by atoms with Crippen LogP contribution in [0, 0.1) is 5.92 Å². The van der Waals surface area contributed by atoms with Crippen LogP contribution >= 0.6 is 11.6 Å². The lowest BCUT2D eigenvalue weighted by Crippen LogP contribution is -2.39. The van der Waals surface area contributed by atoms with Gasteiger partial charge in [0.15, 0.2) is 0 Å². The van der Waals surface area contributed by atoms with Gasteiger partial charge >= 0.3 is 0 Å². The van der Waals surface area contributed by atoms with Gasteiger partial charge in [0.05, 0.1) is 11.3 Å². The Morgan fingerprint density at radius 1 is 1.25 bits per heavy atom. The molecule has 6 heteroatoms. The summed E-state index contributed by atoms with van der Waals surface area (Å²) >= 11 is 5.99. The van der Waals surface area contributed by atoms with E-state index < -0.39 is 0 Å². The molecule has 2 bridgehead atoms. The Kier molecular flexibility index (Phi) is 5.41. The molecule has 0 aromatic heterocycles. The average molecular weight is 350 g/mol. The molecule has 2 aliphatic rings. The van der Waals surface area contributed by atoms with E-state index in [2.05, 4.69) is 16.0 Å². The monoisotopic (exact) mass is 349 g/mol. The Morgan fingerprint density at radius 2 is 1.96 bits per heavy atom. The molecule has 2 saturated heterocycles. The van der Waals surface area contributed by atoms with Crippen LogP contribution in [0.25, 0.3) is 0 Å². The molecule has 2 atom stereocenters. The SMILES string of the molecule is CCNC(=O)c1cc(Cl)ccc1NC(=O)CC1CC2CCC(C1)N2. The van der Waals surface area contributed by atoms with Crippen LogP contribution in [0.3, 0.4) is 0 Å². The zero-order chi connectivity index (χ0) is 17.1. The number of carbonyl (C=O) groups excluding carboxylic acids is 2. The second-order valence-corrected chi connectivity index (χ2v) is 7.21. The van der Waals surface area contributed by atoms with Crippen LogP contribution in [0.1, 0.15) is 49.4 Å². The topological polar surface area (TPSA) is 70.2 Å². The van der Waals surface area contributed by atoms with Gasteiger partial charge in [-0.25, -0.2) is 0 Å². The zero-order valence-electron chi connectivity index (χ0n) is 13.9. The third-order valence-corrected chi connectivity index (χ3v) is 5.12. The molecule has 5 nitrogen and oxygen atoms in total. The van der Waals surface area contributed by atoms with E-state index in [1.54, 1.807) is 18.2 Å². The van der Waals surface area contributed by atoms with E-state index in [1.807, 2.05) is 6.92 Å². The highest BCUT2D eigenvalue weighted by Crippen LogP contribution is 2.33. The molecule has 2 amide bonds. The van der Waals surface area contributed by atoms with Crippen LogP contribution in [0.5, 0.6) is 0 Å². The number of halogens is 1. The second kappa shape index (κ2) is 7.53. The van der Waals surface area contributed by atoms with Crippen molar-refractivity contribution in [3.05, 3.63) is 28.8 Å². The highest BCUT2D eigenvalue weighted by molar-refractivity contribution is 6.31. The highest BCUT2D eigenvalue weighted by Gasteiger charge is 2.34. The number of hydrogen-bond donors (Lipinski definition) is 3. The molecule has 130 valence electrons. The van der Waals surface area contributed by atoms with Crippen LogP contribution in [0.2, 0.25) is 5.02 Å². The number of nitrogens with one attached hydrogen (secondary N) is 3. The van der Waals surface area contributed by atoms with E-state index in [0.29, 0.717) is 47.2 Å². The Labute approximate surface area is 147 Å². The van der Waals surface area contributed by atoms with E-state index in [9.17, 15) is 9.59 Å². The Morgan fingerprint density at radius 3 is 2.62 bits per heavy atom. The lowest BCUT2D eigenvalue weighted by molar-refractivity contribution is -0.117. The maximum absolute atomic E-state index is 12.4. The normalized spacial score (nSPS) is 25.3. The van der Waals surface area contributed by atoms with Crippen molar-refractivity contribution in [3.63, 3.8) is 0 Å². The molecule has 1 aromatic carbocycles. The summed E-state index contributed by atoms with van der Waals surface area (Å²) in [4.78, 5) is 24.6. The predicted octanol–water partition coefficient (Wildman–Crippen LogP) is 2.95. The zero-order valence-corrected chi connectivity index (χ0v) is 14.7. The molecule has 0 spiro atoms. The maximum Gasteiger partial charge on any atom is 0.253 e. The summed E-state index contributed by atoms with van der Waals surface area (Å²) in [5, 5.41) is 9.71. The quantitative estimate of drug-likeness (QED) is 0.765. The predicted molar refractivity (Wildman–Crippen MR) is 95.4 cm³/mol. The summed E-state index contributed by atoms with van der Waals surface area (Å²) in [6.07, 6.45) is 5.08. The van der Waals surface area contributed by atoms with Crippen molar-refractivity contribution in [1.29, 1.82) is 0 Å². The first-order chi connectivity index (χ1) is 11.5. The molecule has 2 fully saturated rings. The first-order valence-corrected chi connectivity index (χ1v) is 9.06. The Bertz CT molecular complexity index is 623. The lowest BCUT2D eigenvalue weighted by atomic mass is 9.89. The number of rotatable bonds is 5. The largest absolute Gasteiger partial charge is 0.352 e. The summed E-state index contributed by atoms with van der Waals surface area (Å²) < 4.78 is 0. The molecule has 3 rings (SSSR count). The van der Waals surface area contributed by atoms with Gasteiger partial charge in [-0.15, -0.1) is 0 Å². The summed E-state index contributed by atoms with van der Waals surface area (Å²) in [5.41, 5.74) is 0.926. The van der Waals surface area contributed by atoms with Crippen LogP contribution in [-0.2, 0) is 4.79 Å². The van der Waals surface area contributed by atoms with Crippen molar-refractivity contribution < 1.29 is 9.59 Å². The van der Waals surface area contributed by atoms with Crippen molar-refractivity contribution in [1.82, 2.24) is 10.6 Å². The van der Waals surface area contributed by atoms with Crippen molar-refractivity contribution in [2.75, 3.05) is 11.9 Å². The van der Waals surface area contributed by atoms with Crippen LogP contribution < -0.4 is 16.0 Å². The minimum atomic E-state index is -0.227. The first kappa shape index (κ1) is 17.2. The molecule has 0 saturated carbocycles. The molecule has 3 N–H and O–H groups in total. The van der Waals surface area contributed by atoms with Crippen LogP contribution in [-0.4, -0.2) is 30.4 Å². The molecule has 2 aliphatic heterocycles. The van der Waals surface area contributed by atoms with Gasteiger partial charge in [0, 0.05) is 30.1 Å². The van der Waals surface area contributed by atoms with Gasteiger partial charge in [-0.05, 0) is 56.7 Å². The van der Waals surface area contributed by atoms with Crippen molar-refractivity contribution >= 4 is 29.1 Å². The number of anilines is 1. The van der Waals surface area contributed by atoms with E-state index in [-0.39, 0.29) is 11.8 Å². The molecule has 0 radical (unpaired) electrons. The minimum absolute atomic E-state index is 0.0332. The lowest BCUT2D eigenvalue weighted by Gasteiger charge is -2.28. The van der Waals surface area contributed by atoms with Gasteiger partial charge in [0.25, 0.3) is 5.91 Å². The number of amides is 2. The molecule has 0 aliphatic carbocycles. The first-order valence-electron chi connectivity index (χ1n) is 8.68. The van der Waals surface area contributed by atoms with Gasteiger partial charge in [-0.2, -0.15) is 0 Å². The maximum atomic E-state index is 12.4. The fourth-order valence-electron chi connectivity index (χ4n) is 3.87. The molecule has 1 aromatic rings. The highest BCUT2D eigenvalue weighted by atomic mass is 35.5. The molecule has 2 heterocycles. The van der Waals surface area contributed by atoms with Crippen molar-refractivity contribution in [3.8, 4) is 0 Å². The Balaban J connectivity index is 1.64. The number of carbonyl (C=O) groups is 2. The number of hydrogen-bond acceptors (Lipinski definition) is 3. The summed E-state index contributed by atoms with van der Waals surface area (Å²) in [7, 11) is 0. The smallest absolute Gasteiger partial charge is 0.253 e. The van der Waals surface area contributed by atoms with Gasteiger partial charge in [-0.3, -0.25) is 9.59 Å². The van der Waals surface area contributed by atoms with Crippen molar-refractivity contribution in [2.45, 2.75) is 51.1 Å². The summed E-state index contributed by atoms with van der Waals surface area (Å²) in [6.45, 7) is 2.38. The van der Waals surface area contributed by atoms with E-state index in [1.165, 1.54) is 12.8 Å². The summed E-state index contributed by atoms with van der Waals surface area (Å²) in [5.74, 6) is 0.161. The van der Waals surface area contributed by atoms with E-state index in [4.69, 9.17) is 11.6 Å². The van der Waals surface area contributed by atoms with E-state index in [0.717, 1.165) is 12.8 Å². The number of fused-ring (bicyclic) bond motifs is 2. The molecular weight excluding hydrogens is 326 g/mol. The Hall–Kier alpha value is -1.59. The van der Waals surface area contributed by atoms with E-state index >= 15 is 0 Å². The minimum Gasteiger partial charge on any atom is -0.352 e. The third-order valence-electron chi connectivity index (χ3n) is 4.88. The molecule has 24 heavy (non-hydrogen) atoms. The van der Waals surface area contributed by atoms with Gasteiger partial charge in [0.1, 0.15) is 0 Å². The van der Waals surface area contributed by atoms with Crippen molar-refractivity contribution in [2.24, 2.45) is 5.92 Å². The summed E-state index contributed by atoms with van der Waals surface area (Å²) in [6, 6.07) is 6.11. The number of benzene rings is 1. The van der Waals surface area contributed by atoms with Gasteiger partial charge in [-0.1, -0.05) is 11.6 Å². The van der Waals surface area contributed by atoms with Gasteiger partial charge in [0.2, 0.25) is 5.91 Å². The molecule has 2 unspecified atom stereocenters. The van der Waals surface area contributed by atoms with Gasteiger partial charge < -0.3 is 16.0 Å². The molecular formula is C18H24ClN3O2. The fraction of sp³-hybridized carbons (Fsp3) is 0.556. The second-order valence-electron chi connectivity index (χ2n) is 6.78. The standard InChI is InChI=1S/C18H24ClN3O2/c1-2-20-18(24)15-10-12(19)3-6-16(15)22-17(23)9-11-7-13-4-5-14(8-11)21-13/h3,6,10-11,13-14,21H,2,4-5,7-9H2,1H3,(H,20,24)(H,22,23). The van der Waals surface area contributed by atoms with Crippen LogP contribution in [0.4, 0.5) is 5.69 Å². The number of piperidine rings is 1. The fourth-order valence-corrected chi connectivity index (χ4v) is 4.05. The third kappa shape index (κ3) is 4.08. The van der Waals surface area contributed by atoms with Crippen LogP contribution in [0.15, 0.2) is 18.2 Å².